The van der Waals surface area contributed by atoms with E-state index < -0.39 is 5.92 Å². The third-order valence-electron chi connectivity index (χ3n) is 3.79. The van der Waals surface area contributed by atoms with E-state index in [1.807, 2.05) is 19.1 Å². The molecule has 23 heavy (non-hydrogen) atoms. The van der Waals surface area contributed by atoms with Crippen molar-refractivity contribution in [3.63, 3.8) is 0 Å². The van der Waals surface area contributed by atoms with E-state index in [2.05, 4.69) is 15.5 Å². The van der Waals surface area contributed by atoms with Crippen LogP contribution in [0.3, 0.4) is 0 Å². The molecule has 2 aromatic rings. The van der Waals surface area contributed by atoms with Crippen LogP contribution in [-0.4, -0.2) is 40.5 Å². The van der Waals surface area contributed by atoms with Gasteiger partial charge in [-0.15, -0.1) is 0 Å². The Morgan fingerprint density at radius 2 is 2.30 bits per heavy atom. The summed E-state index contributed by atoms with van der Waals surface area (Å²) in [6.45, 7) is 2.09. The summed E-state index contributed by atoms with van der Waals surface area (Å²) in [5, 5.41) is 6.48. The number of amides is 1. The highest BCUT2D eigenvalue weighted by atomic mass is 19.3. The van der Waals surface area contributed by atoms with E-state index in [0.717, 1.165) is 5.56 Å². The maximum absolute atomic E-state index is 13.2. The van der Waals surface area contributed by atoms with Crippen LogP contribution in [0.1, 0.15) is 17.9 Å². The van der Waals surface area contributed by atoms with Crippen LogP contribution in [0.15, 0.2) is 22.7 Å². The zero-order valence-corrected chi connectivity index (χ0v) is 12.6. The Bertz CT molecular complexity index is 717. The van der Waals surface area contributed by atoms with Crippen molar-refractivity contribution >= 4 is 12.1 Å². The number of hydrogen-bond acceptors (Lipinski definition) is 5. The zero-order valence-electron chi connectivity index (χ0n) is 12.6. The van der Waals surface area contributed by atoms with Gasteiger partial charge in [-0.3, -0.25) is 9.69 Å². The van der Waals surface area contributed by atoms with Crippen LogP contribution in [0.25, 0.3) is 11.4 Å². The molecule has 0 bridgehead atoms. The quantitative estimate of drug-likeness (QED) is 0.856. The van der Waals surface area contributed by atoms with Crippen LogP contribution in [0, 0.1) is 6.92 Å². The topological polar surface area (TPSA) is 71.3 Å². The van der Waals surface area contributed by atoms with Crippen molar-refractivity contribution in [2.75, 3.05) is 18.4 Å². The van der Waals surface area contributed by atoms with Crippen LogP contribution in [0.5, 0.6) is 0 Å². The SMILES string of the molecule is Cc1ccc(-c2noc(CN3CCC(F)(F)C3)n2)cc1NC=O. The summed E-state index contributed by atoms with van der Waals surface area (Å²) < 4.78 is 31.5. The molecule has 1 fully saturated rings. The minimum absolute atomic E-state index is 0.146. The summed E-state index contributed by atoms with van der Waals surface area (Å²) in [4.78, 5) is 16.4. The van der Waals surface area contributed by atoms with Gasteiger partial charge in [-0.1, -0.05) is 17.3 Å². The van der Waals surface area contributed by atoms with Crippen molar-refractivity contribution in [3.8, 4) is 11.4 Å². The molecule has 0 radical (unpaired) electrons. The maximum Gasteiger partial charge on any atom is 0.261 e. The van der Waals surface area contributed by atoms with Crippen LogP contribution < -0.4 is 5.32 Å². The number of nitrogens with one attached hydrogen (secondary N) is 1. The predicted molar refractivity (Wildman–Crippen MR) is 79.0 cm³/mol. The van der Waals surface area contributed by atoms with E-state index in [0.29, 0.717) is 35.9 Å². The van der Waals surface area contributed by atoms with Crippen LogP contribution in [0.2, 0.25) is 0 Å². The van der Waals surface area contributed by atoms with Crippen molar-refractivity contribution in [3.05, 3.63) is 29.7 Å². The molecule has 1 aromatic carbocycles. The van der Waals surface area contributed by atoms with E-state index in [4.69, 9.17) is 4.52 Å². The maximum atomic E-state index is 13.2. The zero-order chi connectivity index (χ0) is 16.4. The van der Waals surface area contributed by atoms with E-state index in [9.17, 15) is 13.6 Å². The lowest BCUT2D eigenvalue weighted by atomic mass is 10.1. The predicted octanol–water partition coefficient (Wildman–Crippen LogP) is 2.45. The lowest BCUT2D eigenvalue weighted by Crippen LogP contribution is -2.24. The fraction of sp³-hybridized carbons (Fsp3) is 0.400. The lowest BCUT2D eigenvalue weighted by Gasteiger charge is -2.12. The second kappa shape index (κ2) is 6.04. The molecule has 0 atom stereocenters. The minimum atomic E-state index is -2.64. The summed E-state index contributed by atoms with van der Waals surface area (Å²) in [5.41, 5.74) is 2.24. The Labute approximate surface area is 131 Å². The second-order valence-corrected chi connectivity index (χ2v) is 5.62. The molecule has 1 amide bonds. The van der Waals surface area contributed by atoms with Gasteiger partial charge in [-0.05, 0) is 18.6 Å². The van der Waals surface area contributed by atoms with Gasteiger partial charge in [0, 0.05) is 24.2 Å². The smallest absolute Gasteiger partial charge is 0.261 e. The first-order chi connectivity index (χ1) is 11.0. The lowest BCUT2D eigenvalue weighted by molar-refractivity contribution is -0.105. The van der Waals surface area contributed by atoms with Crippen molar-refractivity contribution in [1.82, 2.24) is 15.0 Å². The second-order valence-electron chi connectivity index (χ2n) is 5.62. The monoisotopic (exact) mass is 322 g/mol. The number of rotatable bonds is 5. The first-order valence-electron chi connectivity index (χ1n) is 7.21. The number of likely N-dealkylation sites (tertiary alicyclic amines) is 1. The highest BCUT2D eigenvalue weighted by Gasteiger charge is 2.38. The molecule has 8 heteroatoms. The van der Waals surface area contributed by atoms with Crippen LogP contribution >= 0.6 is 0 Å². The van der Waals surface area contributed by atoms with E-state index >= 15 is 0 Å². The largest absolute Gasteiger partial charge is 0.338 e. The summed E-state index contributed by atoms with van der Waals surface area (Å²) >= 11 is 0. The first-order valence-corrected chi connectivity index (χ1v) is 7.21. The van der Waals surface area contributed by atoms with Crippen LogP contribution in [-0.2, 0) is 11.3 Å². The number of carbonyl (C=O) groups is 1. The Morgan fingerprint density at radius 1 is 1.48 bits per heavy atom. The number of anilines is 1. The molecule has 3 rings (SSSR count). The number of benzene rings is 1. The van der Waals surface area contributed by atoms with E-state index in [-0.39, 0.29) is 19.5 Å². The molecule has 122 valence electrons. The highest BCUT2D eigenvalue weighted by Crippen LogP contribution is 2.28. The van der Waals surface area contributed by atoms with Gasteiger partial charge in [0.2, 0.25) is 18.1 Å². The van der Waals surface area contributed by atoms with Crippen molar-refractivity contribution in [1.29, 1.82) is 0 Å². The number of aromatic nitrogens is 2. The van der Waals surface area contributed by atoms with Gasteiger partial charge in [0.05, 0.1) is 13.1 Å². The van der Waals surface area contributed by atoms with Gasteiger partial charge in [0.25, 0.3) is 5.92 Å². The molecular formula is C15H16F2N4O2. The van der Waals surface area contributed by atoms with Crippen LogP contribution in [0.4, 0.5) is 14.5 Å². The number of aryl methyl sites for hydroxylation is 1. The summed E-state index contributed by atoms with van der Waals surface area (Å²) in [6.07, 6.45) is 0.452. The van der Waals surface area contributed by atoms with Gasteiger partial charge >= 0.3 is 0 Å². The first kappa shape index (κ1) is 15.5. The normalized spacial score (nSPS) is 17.3. The third kappa shape index (κ3) is 3.53. The Morgan fingerprint density at radius 3 is 3.00 bits per heavy atom. The molecule has 1 saturated heterocycles. The molecule has 1 aromatic heterocycles. The number of hydrogen-bond donors (Lipinski definition) is 1. The summed E-state index contributed by atoms with van der Waals surface area (Å²) in [5.74, 6) is -1.99. The van der Waals surface area contributed by atoms with Crippen molar-refractivity contribution in [2.24, 2.45) is 0 Å². The number of nitrogens with zero attached hydrogens (tertiary/aromatic N) is 3. The van der Waals surface area contributed by atoms with Gasteiger partial charge in [0.1, 0.15) is 0 Å². The standard InChI is InChI=1S/C15H16F2N4O2/c1-10-2-3-11(6-12(10)18-9-22)14-19-13(23-20-14)7-21-5-4-15(16,17)8-21/h2-3,6,9H,4-5,7-8H2,1H3,(H,18,22). The van der Waals surface area contributed by atoms with Crippen molar-refractivity contribution in [2.45, 2.75) is 25.8 Å². The molecule has 0 aliphatic carbocycles. The molecular weight excluding hydrogens is 306 g/mol. The molecule has 6 nitrogen and oxygen atoms in total. The summed E-state index contributed by atoms with van der Waals surface area (Å²) in [7, 11) is 0. The molecule has 1 aliphatic heterocycles. The molecule has 0 saturated carbocycles. The average Bonchev–Trinajstić information content (AvgIpc) is 3.08. The average molecular weight is 322 g/mol. The Kier molecular flexibility index (Phi) is 4.08. The Balaban J connectivity index is 1.74. The molecule has 1 N–H and O–H groups in total. The molecule has 1 aliphatic rings. The fourth-order valence-electron chi connectivity index (χ4n) is 2.55. The van der Waals surface area contributed by atoms with Gasteiger partial charge in [-0.25, -0.2) is 8.78 Å². The minimum Gasteiger partial charge on any atom is -0.338 e. The summed E-state index contributed by atoms with van der Waals surface area (Å²) in [6, 6.07) is 5.38. The Hall–Kier alpha value is -2.35. The van der Waals surface area contributed by atoms with E-state index in [1.165, 1.54) is 0 Å². The molecule has 0 unspecified atom stereocenters. The highest BCUT2D eigenvalue weighted by molar-refractivity contribution is 5.76. The van der Waals surface area contributed by atoms with Gasteiger partial charge in [0.15, 0.2) is 0 Å². The third-order valence-corrected chi connectivity index (χ3v) is 3.79. The number of carbonyl (C=O) groups excluding carboxylic acids is 1. The molecule has 2 heterocycles. The number of halogens is 2. The molecule has 0 spiro atoms. The number of alkyl halides is 2. The van der Waals surface area contributed by atoms with E-state index in [1.54, 1.807) is 11.0 Å². The van der Waals surface area contributed by atoms with Gasteiger partial charge in [-0.2, -0.15) is 4.98 Å². The van der Waals surface area contributed by atoms with Gasteiger partial charge < -0.3 is 9.84 Å². The van der Waals surface area contributed by atoms with Crippen molar-refractivity contribution < 1.29 is 18.1 Å². The fourth-order valence-corrected chi connectivity index (χ4v) is 2.55.